The molecule has 27 heavy (non-hydrogen) atoms. The molecule has 2 aromatic rings. The molecule has 0 aromatic heterocycles. The van der Waals surface area contributed by atoms with E-state index in [0.717, 1.165) is 41.9 Å². The fourth-order valence-electron chi connectivity index (χ4n) is 4.96. The molecule has 0 spiro atoms. The van der Waals surface area contributed by atoms with Gasteiger partial charge in [0.1, 0.15) is 6.04 Å². The normalized spacial score (nSPS) is 28.1. The summed E-state index contributed by atoms with van der Waals surface area (Å²) in [6, 6.07) is 15.6. The topological polar surface area (TPSA) is 43.9 Å². The zero-order valence-corrected chi connectivity index (χ0v) is 15.6. The van der Waals surface area contributed by atoms with Crippen molar-refractivity contribution in [1.82, 2.24) is 10.0 Å². The second-order valence-electron chi connectivity index (χ2n) is 7.81. The molecule has 3 saturated heterocycles. The molecule has 0 bridgehead atoms. The maximum Gasteiger partial charge on any atom is 0.253 e. The fraction of sp³-hybridized carbons (Fsp3) is 0.364. The highest BCUT2D eigenvalue weighted by Crippen LogP contribution is 2.49. The number of anilines is 1. The predicted octanol–water partition coefficient (Wildman–Crippen LogP) is 2.84. The molecule has 0 aliphatic carbocycles. The first-order chi connectivity index (χ1) is 13.1. The maximum atomic E-state index is 13.5. The molecule has 0 saturated carbocycles. The van der Waals surface area contributed by atoms with E-state index >= 15 is 0 Å². The van der Waals surface area contributed by atoms with Gasteiger partial charge in [-0.05, 0) is 43.0 Å². The Morgan fingerprint density at radius 3 is 2.30 bits per heavy atom. The summed E-state index contributed by atoms with van der Waals surface area (Å²) in [6.07, 6.45) is 1.03. The number of aryl methyl sites for hydroxylation is 2. The fourth-order valence-corrected chi connectivity index (χ4v) is 4.96. The van der Waals surface area contributed by atoms with Crippen LogP contribution in [0.15, 0.2) is 48.5 Å². The van der Waals surface area contributed by atoms with Gasteiger partial charge >= 0.3 is 0 Å². The number of hydrogen-bond donors (Lipinski definition) is 0. The van der Waals surface area contributed by atoms with E-state index in [2.05, 4.69) is 22.2 Å². The lowest BCUT2D eigenvalue weighted by atomic mass is 9.90. The molecule has 5 rings (SSSR count). The summed E-state index contributed by atoms with van der Waals surface area (Å²) in [5.41, 5.74) is 3.85. The number of carbonyl (C=O) groups is 2. The number of amides is 2. The average molecular weight is 361 g/mol. The van der Waals surface area contributed by atoms with Crippen molar-refractivity contribution in [3.8, 4) is 0 Å². The van der Waals surface area contributed by atoms with Crippen LogP contribution in [0.4, 0.5) is 5.69 Å². The lowest BCUT2D eigenvalue weighted by molar-refractivity contribution is -0.126. The SMILES string of the molecule is Cc1ccc(C)c(N2C(=O)[C@@H]3[C@@H](C2=O)N2CCCN2[C@H]3c2ccccc2)c1. The van der Waals surface area contributed by atoms with Crippen LogP contribution in [0.1, 0.15) is 29.2 Å². The van der Waals surface area contributed by atoms with Gasteiger partial charge in [0.15, 0.2) is 0 Å². The van der Waals surface area contributed by atoms with E-state index in [-0.39, 0.29) is 29.8 Å². The standard InChI is InChI=1S/C22H23N3O2/c1-14-9-10-15(2)17(13-14)25-21(26)18-19(16-7-4-3-5-8-16)23-11-6-12-24(23)20(18)22(25)27/h3-5,7-10,13,18-20H,6,11-12H2,1-2H3/t18-,19-,20-/m0/s1. The summed E-state index contributed by atoms with van der Waals surface area (Å²) >= 11 is 0. The highest BCUT2D eigenvalue weighted by Gasteiger charge is 2.62. The molecular weight excluding hydrogens is 338 g/mol. The van der Waals surface area contributed by atoms with Gasteiger partial charge in [-0.1, -0.05) is 42.5 Å². The van der Waals surface area contributed by atoms with Gasteiger partial charge in [0, 0.05) is 13.1 Å². The summed E-state index contributed by atoms with van der Waals surface area (Å²) in [5.74, 6) is -0.494. The Hall–Kier alpha value is -2.50. The molecular formula is C22H23N3O2. The lowest BCUT2D eigenvalue weighted by Crippen LogP contribution is -2.44. The summed E-state index contributed by atoms with van der Waals surface area (Å²) in [5, 5.41) is 4.40. The van der Waals surface area contributed by atoms with Gasteiger partial charge in [0.25, 0.3) is 5.91 Å². The minimum Gasteiger partial charge on any atom is -0.274 e. The van der Waals surface area contributed by atoms with Crippen LogP contribution in [0.25, 0.3) is 0 Å². The van der Waals surface area contributed by atoms with E-state index in [9.17, 15) is 9.59 Å². The van der Waals surface area contributed by atoms with Crippen molar-refractivity contribution >= 4 is 17.5 Å². The van der Waals surface area contributed by atoms with Gasteiger partial charge in [-0.15, -0.1) is 0 Å². The minimum absolute atomic E-state index is 0.0646. The molecule has 0 N–H and O–H groups in total. The second kappa shape index (κ2) is 6.01. The minimum atomic E-state index is -0.384. The largest absolute Gasteiger partial charge is 0.274 e. The van der Waals surface area contributed by atoms with Gasteiger partial charge in [-0.3, -0.25) is 9.59 Å². The number of benzene rings is 2. The van der Waals surface area contributed by atoms with Crippen molar-refractivity contribution in [3.63, 3.8) is 0 Å². The van der Waals surface area contributed by atoms with Gasteiger partial charge in [-0.2, -0.15) is 0 Å². The number of hydrazine groups is 1. The molecule has 5 heteroatoms. The summed E-state index contributed by atoms with van der Waals surface area (Å²) < 4.78 is 0. The van der Waals surface area contributed by atoms with E-state index in [1.807, 2.05) is 50.2 Å². The van der Waals surface area contributed by atoms with Gasteiger partial charge in [0.05, 0.1) is 17.6 Å². The molecule has 0 unspecified atom stereocenters. The first-order valence-electron chi connectivity index (χ1n) is 9.61. The zero-order chi connectivity index (χ0) is 18.7. The number of rotatable bonds is 2. The number of fused-ring (bicyclic) bond motifs is 3. The van der Waals surface area contributed by atoms with Crippen molar-refractivity contribution in [2.45, 2.75) is 32.4 Å². The first-order valence-corrected chi connectivity index (χ1v) is 9.61. The molecule has 2 amide bonds. The number of hydrogen-bond acceptors (Lipinski definition) is 4. The van der Waals surface area contributed by atoms with Crippen molar-refractivity contribution in [2.75, 3.05) is 18.0 Å². The second-order valence-corrected chi connectivity index (χ2v) is 7.81. The Kier molecular flexibility index (Phi) is 3.71. The number of carbonyl (C=O) groups excluding carboxylic acids is 2. The van der Waals surface area contributed by atoms with Crippen LogP contribution in [0.5, 0.6) is 0 Å². The molecule has 3 aliphatic heterocycles. The van der Waals surface area contributed by atoms with Crippen LogP contribution < -0.4 is 4.90 Å². The number of imide groups is 1. The Balaban J connectivity index is 1.61. The predicted molar refractivity (Wildman–Crippen MR) is 103 cm³/mol. The summed E-state index contributed by atoms with van der Waals surface area (Å²) in [4.78, 5) is 28.4. The highest BCUT2D eigenvalue weighted by atomic mass is 16.2. The third-order valence-electron chi connectivity index (χ3n) is 6.15. The highest BCUT2D eigenvalue weighted by molar-refractivity contribution is 6.24. The van der Waals surface area contributed by atoms with Crippen molar-refractivity contribution in [1.29, 1.82) is 0 Å². The van der Waals surface area contributed by atoms with Crippen LogP contribution in [0, 0.1) is 19.8 Å². The molecule has 3 atom stereocenters. The summed E-state index contributed by atoms with van der Waals surface area (Å²) in [7, 11) is 0. The number of nitrogens with zero attached hydrogens (tertiary/aromatic N) is 3. The van der Waals surface area contributed by atoms with Crippen LogP contribution in [0.2, 0.25) is 0 Å². The van der Waals surface area contributed by atoms with Crippen LogP contribution in [0.3, 0.4) is 0 Å². The molecule has 5 nitrogen and oxygen atoms in total. The van der Waals surface area contributed by atoms with Crippen LogP contribution in [-0.4, -0.2) is 41.0 Å². The van der Waals surface area contributed by atoms with E-state index in [1.54, 1.807) is 0 Å². The monoisotopic (exact) mass is 361 g/mol. The Morgan fingerprint density at radius 1 is 0.852 bits per heavy atom. The van der Waals surface area contributed by atoms with Gasteiger partial charge in [0.2, 0.25) is 5.91 Å². The molecule has 3 aliphatic rings. The van der Waals surface area contributed by atoms with Crippen LogP contribution in [-0.2, 0) is 9.59 Å². The maximum absolute atomic E-state index is 13.5. The van der Waals surface area contributed by atoms with Crippen molar-refractivity contribution in [3.05, 3.63) is 65.2 Å². The smallest absolute Gasteiger partial charge is 0.253 e. The first kappa shape index (κ1) is 16.7. The molecule has 138 valence electrons. The average Bonchev–Trinajstić information content (AvgIpc) is 3.31. The van der Waals surface area contributed by atoms with E-state index in [4.69, 9.17) is 0 Å². The third-order valence-corrected chi connectivity index (χ3v) is 6.15. The van der Waals surface area contributed by atoms with Gasteiger partial charge in [-0.25, -0.2) is 14.9 Å². The van der Waals surface area contributed by atoms with Crippen molar-refractivity contribution in [2.24, 2.45) is 5.92 Å². The summed E-state index contributed by atoms with van der Waals surface area (Å²) in [6.45, 7) is 5.69. The Labute approximate surface area is 159 Å². The third kappa shape index (κ3) is 2.32. The lowest BCUT2D eigenvalue weighted by Gasteiger charge is -2.30. The molecule has 3 heterocycles. The molecule has 2 aromatic carbocycles. The quantitative estimate of drug-likeness (QED) is 0.772. The van der Waals surface area contributed by atoms with Gasteiger partial charge < -0.3 is 0 Å². The molecule has 3 fully saturated rings. The zero-order valence-electron chi connectivity index (χ0n) is 15.6. The molecule has 0 radical (unpaired) electrons. The van der Waals surface area contributed by atoms with Crippen molar-refractivity contribution < 1.29 is 9.59 Å². The van der Waals surface area contributed by atoms with E-state index in [1.165, 1.54) is 4.90 Å². The Bertz CT molecular complexity index is 926. The Morgan fingerprint density at radius 2 is 1.56 bits per heavy atom. The van der Waals surface area contributed by atoms with Crippen LogP contribution >= 0.6 is 0 Å². The van der Waals surface area contributed by atoms with E-state index < -0.39 is 0 Å². The van der Waals surface area contributed by atoms with E-state index in [0.29, 0.717) is 0 Å².